The van der Waals surface area contributed by atoms with Crippen LogP contribution >= 0.6 is 0 Å². The van der Waals surface area contributed by atoms with Crippen molar-refractivity contribution in [2.75, 3.05) is 0 Å². The first-order valence-electron chi connectivity index (χ1n) is 6.51. The Labute approximate surface area is 89.8 Å². The lowest BCUT2D eigenvalue weighted by Gasteiger charge is -2.19. The molecule has 0 fully saturated rings. The van der Waals surface area contributed by atoms with E-state index in [0.29, 0.717) is 0 Å². The molecule has 0 heteroatoms. The van der Waals surface area contributed by atoms with Gasteiger partial charge in [-0.15, -0.1) is 0 Å². The molecule has 0 saturated heterocycles. The van der Waals surface area contributed by atoms with E-state index in [1.54, 1.807) is 0 Å². The van der Waals surface area contributed by atoms with Crippen LogP contribution in [0.2, 0.25) is 0 Å². The molecule has 1 aliphatic rings. The van der Waals surface area contributed by atoms with Crippen molar-refractivity contribution in [3.05, 3.63) is 12.2 Å². The molecule has 0 heterocycles. The normalized spacial score (nSPS) is 26.7. The highest BCUT2D eigenvalue weighted by Crippen LogP contribution is 2.25. The van der Waals surface area contributed by atoms with Gasteiger partial charge in [0.05, 0.1) is 0 Å². The maximum atomic E-state index is 2.47. The molecule has 2 atom stereocenters. The Bertz CT molecular complexity index is 157. The number of hydrogen-bond acceptors (Lipinski definition) is 0. The second kappa shape index (κ2) is 7.09. The predicted molar refractivity (Wildman–Crippen MR) is 64.4 cm³/mol. The number of hydrogen-bond donors (Lipinski definition) is 0. The number of rotatable bonds is 6. The van der Waals surface area contributed by atoms with Crippen LogP contribution in [0.25, 0.3) is 0 Å². The van der Waals surface area contributed by atoms with E-state index >= 15 is 0 Å². The minimum absolute atomic E-state index is 0.839. The summed E-state index contributed by atoms with van der Waals surface area (Å²) in [5.41, 5.74) is 0. The summed E-state index contributed by atoms with van der Waals surface area (Å²) in [4.78, 5) is 0. The summed E-state index contributed by atoms with van der Waals surface area (Å²) in [6, 6.07) is 0. The van der Waals surface area contributed by atoms with Gasteiger partial charge in [-0.2, -0.15) is 0 Å². The maximum absolute atomic E-state index is 2.47. The van der Waals surface area contributed by atoms with E-state index in [1.165, 1.54) is 51.4 Å². The molecule has 1 aliphatic carbocycles. The highest BCUT2D eigenvalue weighted by atomic mass is 14.2. The molecule has 1 rings (SSSR count). The van der Waals surface area contributed by atoms with Gasteiger partial charge in [-0.1, -0.05) is 58.1 Å². The molecule has 0 amide bonds. The zero-order valence-corrected chi connectivity index (χ0v) is 9.97. The topological polar surface area (TPSA) is 0 Å². The van der Waals surface area contributed by atoms with Crippen molar-refractivity contribution in [1.29, 1.82) is 0 Å². The van der Waals surface area contributed by atoms with Crippen LogP contribution < -0.4 is 0 Å². The fraction of sp³-hybridized carbons (Fsp3) is 0.857. The second-order valence-corrected chi connectivity index (χ2v) is 4.90. The number of allylic oxidation sites excluding steroid dienone is 2. The first-order valence-corrected chi connectivity index (χ1v) is 6.51. The molecule has 0 N–H and O–H groups in total. The Balaban J connectivity index is 1.99. The number of unbranched alkanes of at least 4 members (excludes halogenated alkanes) is 4. The Morgan fingerprint density at radius 3 is 2.43 bits per heavy atom. The highest BCUT2D eigenvalue weighted by Gasteiger charge is 2.11. The fourth-order valence-electron chi connectivity index (χ4n) is 2.27. The summed E-state index contributed by atoms with van der Waals surface area (Å²) >= 11 is 0. The van der Waals surface area contributed by atoms with Gasteiger partial charge in [0.25, 0.3) is 0 Å². The van der Waals surface area contributed by atoms with Crippen LogP contribution in [-0.4, -0.2) is 0 Å². The molecule has 14 heavy (non-hydrogen) atoms. The molecule has 0 aliphatic heterocycles. The highest BCUT2D eigenvalue weighted by molar-refractivity contribution is 4.96. The Hall–Kier alpha value is -0.260. The van der Waals surface area contributed by atoms with Gasteiger partial charge < -0.3 is 0 Å². The monoisotopic (exact) mass is 194 g/mol. The van der Waals surface area contributed by atoms with Gasteiger partial charge in [-0.3, -0.25) is 0 Å². The van der Waals surface area contributed by atoms with Gasteiger partial charge in [0, 0.05) is 0 Å². The molecule has 2 unspecified atom stereocenters. The van der Waals surface area contributed by atoms with Crippen LogP contribution in [0.5, 0.6) is 0 Å². The summed E-state index contributed by atoms with van der Waals surface area (Å²) in [5.74, 6) is 1.75. The fourth-order valence-corrected chi connectivity index (χ4v) is 2.27. The van der Waals surface area contributed by atoms with Crippen molar-refractivity contribution in [1.82, 2.24) is 0 Å². The predicted octanol–water partition coefficient (Wildman–Crippen LogP) is 4.95. The molecule has 0 aromatic carbocycles. The smallest absolute Gasteiger partial charge is 0.0233 e. The van der Waals surface area contributed by atoms with E-state index in [1.807, 2.05) is 0 Å². The van der Waals surface area contributed by atoms with Crippen molar-refractivity contribution in [3.8, 4) is 0 Å². The zero-order chi connectivity index (χ0) is 10.2. The third-order valence-electron chi connectivity index (χ3n) is 3.38. The molecule has 0 saturated carbocycles. The first kappa shape index (κ1) is 11.8. The van der Waals surface area contributed by atoms with Crippen LogP contribution in [0.15, 0.2) is 12.2 Å². The molecular weight excluding hydrogens is 168 g/mol. The lowest BCUT2D eigenvalue weighted by atomic mass is 9.86. The van der Waals surface area contributed by atoms with E-state index in [2.05, 4.69) is 26.0 Å². The molecule has 0 nitrogen and oxygen atoms in total. The molecule has 0 aromatic rings. The van der Waals surface area contributed by atoms with Crippen LogP contribution in [0.3, 0.4) is 0 Å². The SMILES string of the molecule is CCCCCCCC1C=CC(C)CC1. The van der Waals surface area contributed by atoms with E-state index in [0.717, 1.165) is 11.8 Å². The second-order valence-electron chi connectivity index (χ2n) is 4.90. The average molecular weight is 194 g/mol. The van der Waals surface area contributed by atoms with Gasteiger partial charge >= 0.3 is 0 Å². The molecule has 0 spiro atoms. The summed E-state index contributed by atoms with van der Waals surface area (Å²) < 4.78 is 0. The Kier molecular flexibility index (Phi) is 5.98. The van der Waals surface area contributed by atoms with Crippen LogP contribution in [0.1, 0.15) is 65.2 Å². The maximum Gasteiger partial charge on any atom is -0.0233 e. The Morgan fingerprint density at radius 1 is 1.00 bits per heavy atom. The van der Waals surface area contributed by atoms with Gasteiger partial charge in [-0.25, -0.2) is 0 Å². The standard InChI is InChI=1S/C14H26/c1-3-4-5-6-7-8-14-11-9-13(2)10-12-14/h9,11,13-14H,3-8,10,12H2,1-2H3. The third-order valence-corrected chi connectivity index (χ3v) is 3.38. The minimum Gasteiger partial charge on any atom is -0.0854 e. The summed E-state index contributed by atoms with van der Waals surface area (Å²) in [6.07, 6.45) is 16.3. The summed E-state index contributed by atoms with van der Waals surface area (Å²) in [6.45, 7) is 4.61. The first-order chi connectivity index (χ1) is 6.83. The molecule has 82 valence electrons. The van der Waals surface area contributed by atoms with Gasteiger partial charge in [0.1, 0.15) is 0 Å². The van der Waals surface area contributed by atoms with Crippen molar-refractivity contribution in [2.24, 2.45) is 11.8 Å². The van der Waals surface area contributed by atoms with Gasteiger partial charge in [0.2, 0.25) is 0 Å². The van der Waals surface area contributed by atoms with Crippen molar-refractivity contribution in [2.45, 2.75) is 65.2 Å². The largest absolute Gasteiger partial charge is 0.0854 e. The molecule has 0 radical (unpaired) electrons. The Morgan fingerprint density at radius 2 is 1.79 bits per heavy atom. The van der Waals surface area contributed by atoms with Crippen LogP contribution in [0, 0.1) is 11.8 Å². The lowest BCUT2D eigenvalue weighted by molar-refractivity contribution is 0.433. The third kappa shape index (κ3) is 4.83. The van der Waals surface area contributed by atoms with E-state index in [4.69, 9.17) is 0 Å². The molecular formula is C14H26. The summed E-state index contributed by atoms with van der Waals surface area (Å²) in [7, 11) is 0. The van der Waals surface area contributed by atoms with Crippen molar-refractivity contribution in [3.63, 3.8) is 0 Å². The lowest BCUT2D eigenvalue weighted by Crippen LogP contribution is -2.05. The quantitative estimate of drug-likeness (QED) is 0.414. The molecule has 0 aromatic heterocycles. The summed E-state index contributed by atoms with van der Waals surface area (Å²) in [5, 5.41) is 0. The van der Waals surface area contributed by atoms with Crippen molar-refractivity contribution < 1.29 is 0 Å². The van der Waals surface area contributed by atoms with E-state index in [9.17, 15) is 0 Å². The van der Waals surface area contributed by atoms with Gasteiger partial charge in [-0.05, 0) is 31.1 Å². The van der Waals surface area contributed by atoms with E-state index in [-0.39, 0.29) is 0 Å². The minimum atomic E-state index is 0.839. The van der Waals surface area contributed by atoms with Crippen LogP contribution in [-0.2, 0) is 0 Å². The van der Waals surface area contributed by atoms with Gasteiger partial charge in [0.15, 0.2) is 0 Å². The average Bonchev–Trinajstić information content (AvgIpc) is 2.21. The van der Waals surface area contributed by atoms with Crippen LogP contribution in [0.4, 0.5) is 0 Å². The van der Waals surface area contributed by atoms with Crippen molar-refractivity contribution >= 4 is 0 Å². The molecule has 0 bridgehead atoms. The van der Waals surface area contributed by atoms with E-state index < -0.39 is 0 Å². The zero-order valence-electron chi connectivity index (χ0n) is 9.97.